The van der Waals surface area contributed by atoms with Crippen molar-refractivity contribution in [2.75, 3.05) is 50.1 Å². The Morgan fingerprint density at radius 3 is 2.48 bits per heavy atom. The number of nitrogens with zero attached hydrogens (tertiary/aromatic N) is 5. The van der Waals surface area contributed by atoms with E-state index >= 15 is 0 Å². The molecular formula is C33H36ClN7O4Si. The molecule has 0 atom stereocenters. The third-order valence-corrected chi connectivity index (χ3v) is 9.49. The number of nitrogens with one attached hydrogen (secondary N) is 2. The Kier molecular flexibility index (Phi) is 9.50. The molecule has 1 aliphatic heterocycles. The van der Waals surface area contributed by atoms with Crippen LogP contribution in [0.2, 0.25) is 24.9 Å². The molecule has 2 aromatic heterocycles. The summed E-state index contributed by atoms with van der Waals surface area (Å²) < 4.78 is 19.2. The zero-order chi connectivity index (χ0) is 32.1. The second-order valence-electron chi connectivity index (χ2n) is 11.9. The average Bonchev–Trinajstić information content (AvgIpc) is 3.47. The first-order valence-corrected chi connectivity index (χ1v) is 19.0. The molecule has 13 heteroatoms. The Balaban J connectivity index is 1.18. The van der Waals surface area contributed by atoms with Crippen LogP contribution in [0.25, 0.3) is 16.5 Å². The zero-order valence-corrected chi connectivity index (χ0v) is 27.8. The second-order valence-corrected chi connectivity index (χ2v) is 17.2. The van der Waals surface area contributed by atoms with Gasteiger partial charge in [0.2, 0.25) is 11.2 Å². The number of rotatable bonds is 10. The van der Waals surface area contributed by atoms with Crippen LogP contribution >= 0.6 is 11.6 Å². The Hall–Kier alpha value is -4.49. The number of carbonyl (C=O) groups is 1. The van der Waals surface area contributed by atoms with Crippen molar-refractivity contribution in [3.05, 3.63) is 84.3 Å². The molecule has 3 heterocycles. The van der Waals surface area contributed by atoms with Gasteiger partial charge in [0.25, 0.3) is 0 Å². The van der Waals surface area contributed by atoms with Crippen LogP contribution in [0.3, 0.4) is 0 Å². The van der Waals surface area contributed by atoms with E-state index in [-0.39, 0.29) is 5.28 Å². The van der Waals surface area contributed by atoms with Gasteiger partial charge in [0.1, 0.15) is 32.0 Å². The first kappa shape index (κ1) is 31.5. The molecule has 1 aliphatic rings. The van der Waals surface area contributed by atoms with Gasteiger partial charge in [-0.15, -0.1) is 0 Å². The maximum atomic E-state index is 13.4. The van der Waals surface area contributed by atoms with E-state index in [4.69, 9.17) is 30.9 Å². The number of hydrogen-bond acceptors (Lipinski definition) is 8. The van der Waals surface area contributed by atoms with Crippen molar-refractivity contribution in [2.24, 2.45) is 0 Å². The predicted octanol–water partition coefficient (Wildman–Crippen LogP) is 6.16. The summed E-state index contributed by atoms with van der Waals surface area (Å²) in [5.41, 5.74) is 1.44. The highest BCUT2D eigenvalue weighted by Crippen LogP contribution is 2.34. The summed E-state index contributed by atoms with van der Waals surface area (Å²) in [6.45, 7) is 11.5. The predicted molar refractivity (Wildman–Crippen MR) is 183 cm³/mol. The molecule has 46 heavy (non-hydrogen) atoms. The number of aromatic nitrogens is 4. The Bertz CT molecular complexity index is 1820. The lowest BCUT2D eigenvalue weighted by molar-refractivity contribution is 0.0322. The van der Waals surface area contributed by atoms with Crippen molar-refractivity contribution in [1.29, 1.82) is 0 Å². The molecule has 2 N–H and O–H groups in total. The first-order chi connectivity index (χ1) is 22.2. The normalized spacial score (nSPS) is 13.8. The fraction of sp³-hybridized carbons (Fsp3) is 0.273. The Morgan fingerprint density at radius 1 is 0.978 bits per heavy atom. The minimum atomic E-state index is -1.80. The molecule has 3 aromatic carbocycles. The summed E-state index contributed by atoms with van der Waals surface area (Å²) in [5.74, 6) is 2.25. The molecule has 0 bridgehead atoms. The van der Waals surface area contributed by atoms with E-state index in [1.165, 1.54) is 6.20 Å². The van der Waals surface area contributed by atoms with Gasteiger partial charge in [0, 0.05) is 48.0 Å². The molecule has 1 saturated heterocycles. The van der Waals surface area contributed by atoms with Crippen LogP contribution in [0.5, 0.6) is 17.4 Å². The van der Waals surface area contributed by atoms with Crippen LogP contribution in [-0.2, 0) is 4.74 Å². The van der Waals surface area contributed by atoms with Crippen LogP contribution < -0.4 is 25.4 Å². The lowest BCUT2D eigenvalue weighted by Crippen LogP contribution is -2.39. The summed E-state index contributed by atoms with van der Waals surface area (Å²) in [4.78, 5) is 23.8. The second kappa shape index (κ2) is 13.9. The van der Waals surface area contributed by atoms with Crippen molar-refractivity contribution in [1.82, 2.24) is 24.6 Å². The van der Waals surface area contributed by atoms with E-state index in [1.807, 2.05) is 54.6 Å². The number of morpholine rings is 1. The van der Waals surface area contributed by atoms with Gasteiger partial charge in [-0.3, -0.25) is 10.2 Å². The van der Waals surface area contributed by atoms with E-state index in [0.29, 0.717) is 29.7 Å². The molecule has 238 valence electrons. The summed E-state index contributed by atoms with van der Waals surface area (Å²) in [5, 5.41) is 13.6. The quantitative estimate of drug-likeness (QED) is 0.136. The van der Waals surface area contributed by atoms with E-state index in [9.17, 15) is 4.79 Å². The number of benzene rings is 3. The number of amides is 2. The molecule has 5 aromatic rings. The molecular weight excluding hydrogens is 622 g/mol. The van der Waals surface area contributed by atoms with Gasteiger partial charge < -0.3 is 19.5 Å². The SMILES string of the molecule is C[Si](C)(C)c1cc(NC(=O)Nc2ccc(Oc3ccnc(Cl)n3)c3ccccc23)n(-c2ccc(OCCN3CCOCC3)cc2)n1. The molecule has 0 radical (unpaired) electrons. The zero-order valence-electron chi connectivity index (χ0n) is 26.0. The highest BCUT2D eigenvalue weighted by molar-refractivity contribution is 6.88. The van der Waals surface area contributed by atoms with E-state index in [1.54, 1.807) is 22.9 Å². The van der Waals surface area contributed by atoms with Gasteiger partial charge in [-0.1, -0.05) is 43.9 Å². The molecule has 6 rings (SSSR count). The number of urea groups is 1. The minimum Gasteiger partial charge on any atom is -0.492 e. The smallest absolute Gasteiger partial charge is 0.324 e. The van der Waals surface area contributed by atoms with E-state index in [0.717, 1.165) is 60.4 Å². The van der Waals surface area contributed by atoms with Crippen LogP contribution in [0.1, 0.15) is 0 Å². The maximum Gasteiger partial charge on any atom is 0.324 e. The monoisotopic (exact) mass is 657 g/mol. The highest BCUT2D eigenvalue weighted by atomic mass is 35.5. The third kappa shape index (κ3) is 7.65. The van der Waals surface area contributed by atoms with Crippen molar-refractivity contribution in [3.63, 3.8) is 0 Å². The molecule has 0 spiro atoms. The lowest BCUT2D eigenvalue weighted by Gasteiger charge is -2.26. The fourth-order valence-corrected chi connectivity index (χ4v) is 6.17. The Labute approximate surface area is 273 Å². The molecule has 2 amide bonds. The summed E-state index contributed by atoms with van der Waals surface area (Å²) in [6.07, 6.45) is 1.53. The number of anilines is 2. The summed E-state index contributed by atoms with van der Waals surface area (Å²) >= 11 is 5.93. The van der Waals surface area contributed by atoms with Gasteiger partial charge in [0.05, 0.1) is 24.6 Å². The highest BCUT2D eigenvalue weighted by Gasteiger charge is 2.24. The van der Waals surface area contributed by atoms with Crippen LogP contribution in [-0.4, -0.2) is 78.2 Å². The molecule has 0 saturated carbocycles. The Morgan fingerprint density at radius 2 is 1.74 bits per heavy atom. The summed E-state index contributed by atoms with van der Waals surface area (Å²) in [7, 11) is -1.80. The van der Waals surface area contributed by atoms with E-state index < -0.39 is 14.1 Å². The van der Waals surface area contributed by atoms with Gasteiger partial charge in [-0.05, 0) is 54.1 Å². The fourth-order valence-electron chi connectivity index (χ4n) is 5.06. The number of fused-ring (bicyclic) bond motifs is 1. The number of carbonyl (C=O) groups excluding carboxylic acids is 1. The van der Waals surface area contributed by atoms with Crippen molar-refractivity contribution < 1.29 is 19.0 Å². The van der Waals surface area contributed by atoms with E-state index in [2.05, 4.69) is 45.1 Å². The van der Waals surface area contributed by atoms with Gasteiger partial charge in [-0.2, -0.15) is 10.1 Å². The van der Waals surface area contributed by atoms with Crippen molar-refractivity contribution in [2.45, 2.75) is 19.6 Å². The van der Waals surface area contributed by atoms with Crippen LogP contribution in [0.4, 0.5) is 16.3 Å². The number of ether oxygens (including phenoxy) is 3. The summed E-state index contributed by atoms with van der Waals surface area (Å²) in [6, 6.07) is 22.2. The standard InChI is InChI=1S/C33H36ClN7O4Si/c1-46(2,3)31-22-29(41(39-31)23-8-10-24(11-9-23)44-21-18-40-16-19-43-20-17-40)37-33(42)36-27-12-13-28(26-7-5-4-6-25(26)27)45-30-14-15-35-32(34)38-30/h4-15,22H,16-21H2,1-3H3,(H2,36,37,42). The van der Waals surface area contributed by atoms with Crippen LogP contribution in [0, 0.1) is 0 Å². The van der Waals surface area contributed by atoms with Crippen molar-refractivity contribution >= 4 is 53.3 Å². The number of halogens is 1. The molecule has 1 fully saturated rings. The van der Waals surface area contributed by atoms with Gasteiger partial charge in [0.15, 0.2) is 0 Å². The third-order valence-electron chi connectivity index (χ3n) is 7.53. The first-order valence-electron chi connectivity index (χ1n) is 15.1. The minimum absolute atomic E-state index is 0.0945. The van der Waals surface area contributed by atoms with Gasteiger partial charge >= 0.3 is 6.03 Å². The lowest BCUT2D eigenvalue weighted by atomic mass is 10.1. The molecule has 0 unspecified atom stereocenters. The number of hydrogen-bond donors (Lipinski definition) is 2. The maximum absolute atomic E-state index is 13.4. The molecule has 0 aliphatic carbocycles. The van der Waals surface area contributed by atoms with Gasteiger partial charge in [-0.25, -0.2) is 14.5 Å². The average molecular weight is 658 g/mol. The van der Waals surface area contributed by atoms with Crippen LogP contribution in [0.15, 0.2) is 79.0 Å². The molecule has 11 nitrogen and oxygen atoms in total. The topological polar surface area (TPSA) is 116 Å². The van der Waals surface area contributed by atoms with Crippen molar-refractivity contribution in [3.8, 4) is 23.1 Å². The largest absolute Gasteiger partial charge is 0.492 e.